The van der Waals surface area contributed by atoms with Crippen molar-refractivity contribution in [2.24, 2.45) is 0 Å². The molecule has 35 heavy (non-hydrogen) atoms. The molecule has 0 fully saturated rings. The fraction of sp³-hybridized carbons (Fsp3) is 0.130. The van der Waals surface area contributed by atoms with Gasteiger partial charge in [-0.2, -0.15) is 5.10 Å². The summed E-state index contributed by atoms with van der Waals surface area (Å²) in [4.78, 5) is 28.8. The average molecular weight is 485 g/mol. The van der Waals surface area contributed by atoms with Gasteiger partial charge in [-0.15, -0.1) is 13.2 Å². The molecule has 180 valence electrons. The number of ether oxygens (including phenoxy) is 2. The highest BCUT2D eigenvalue weighted by Gasteiger charge is 2.31. The zero-order chi connectivity index (χ0) is 25.0. The van der Waals surface area contributed by atoms with Crippen molar-refractivity contribution in [1.82, 2.24) is 14.6 Å². The number of carbonyl (C=O) groups excluding carboxylic acids is 2. The minimum atomic E-state index is -4.80. The number of nitrogens with one attached hydrogen (secondary N) is 2. The summed E-state index contributed by atoms with van der Waals surface area (Å²) in [5, 5.41) is 9.44. The van der Waals surface area contributed by atoms with Crippen LogP contribution < -0.4 is 15.4 Å². The van der Waals surface area contributed by atoms with E-state index in [0.717, 1.165) is 12.1 Å². The van der Waals surface area contributed by atoms with Crippen molar-refractivity contribution in [3.8, 4) is 17.0 Å². The fourth-order valence-electron chi connectivity index (χ4n) is 3.25. The number of hydrogen-bond donors (Lipinski definition) is 2. The Bertz CT molecular complexity index is 1370. The number of halogens is 3. The fourth-order valence-corrected chi connectivity index (χ4v) is 3.25. The number of fused-ring (bicyclic) bond motifs is 1. The molecular weight excluding hydrogens is 467 g/mol. The summed E-state index contributed by atoms with van der Waals surface area (Å²) < 4.78 is 47.2. The Balaban J connectivity index is 1.49. The van der Waals surface area contributed by atoms with Crippen LogP contribution in [0.2, 0.25) is 0 Å². The molecule has 0 aliphatic carbocycles. The van der Waals surface area contributed by atoms with Gasteiger partial charge in [-0.3, -0.25) is 0 Å². The molecule has 0 saturated carbocycles. The number of amides is 2. The SMILES string of the molecule is CCOC(=O)c1cnn2c(-c3cccc(NC(=O)Nc4ccc(OC(F)(F)F)cc4)c3)ccnc12. The third-order valence-corrected chi connectivity index (χ3v) is 4.66. The number of rotatable bonds is 6. The van der Waals surface area contributed by atoms with Crippen LogP contribution in [0.4, 0.5) is 29.3 Å². The first-order chi connectivity index (χ1) is 16.7. The molecular formula is C23H18F3N5O4. The molecule has 0 bridgehead atoms. The maximum atomic E-state index is 12.4. The summed E-state index contributed by atoms with van der Waals surface area (Å²) in [7, 11) is 0. The van der Waals surface area contributed by atoms with Gasteiger partial charge < -0.3 is 20.1 Å². The molecule has 4 rings (SSSR count). The molecule has 2 aromatic heterocycles. The molecule has 2 amide bonds. The van der Waals surface area contributed by atoms with Gasteiger partial charge in [0.2, 0.25) is 0 Å². The van der Waals surface area contributed by atoms with Gasteiger partial charge in [0.25, 0.3) is 0 Å². The van der Waals surface area contributed by atoms with Crippen molar-refractivity contribution in [3.05, 3.63) is 72.6 Å². The highest BCUT2D eigenvalue weighted by Crippen LogP contribution is 2.26. The normalized spacial score (nSPS) is 11.2. The average Bonchev–Trinajstić information content (AvgIpc) is 3.24. The quantitative estimate of drug-likeness (QED) is 0.368. The molecule has 0 spiro atoms. The molecule has 0 aliphatic heterocycles. The number of carbonyl (C=O) groups is 2. The summed E-state index contributed by atoms with van der Waals surface area (Å²) in [5.41, 5.74) is 2.58. The number of hydrogen-bond acceptors (Lipinski definition) is 6. The molecule has 0 aliphatic rings. The second-order valence-electron chi connectivity index (χ2n) is 7.08. The van der Waals surface area contributed by atoms with E-state index in [0.29, 0.717) is 22.6 Å². The first kappa shape index (κ1) is 23.5. The maximum absolute atomic E-state index is 12.4. The molecule has 9 nitrogen and oxygen atoms in total. The van der Waals surface area contributed by atoms with Gasteiger partial charge in [-0.05, 0) is 49.4 Å². The summed E-state index contributed by atoms with van der Waals surface area (Å²) in [6, 6.07) is 12.7. The Morgan fingerprint density at radius 1 is 1.03 bits per heavy atom. The van der Waals surface area contributed by atoms with E-state index in [-0.39, 0.29) is 17.9 Å². The largest absolute Gasteiger partial charge is 0.573 e. The Morgan fingerprint density at radius 2 is 1.77 bits per heavy atom. The number of alkyl halides is 3. The van der Waals surface area contributed by atoms with E-state index in [9.17, 15) is 22.8 Å². The lowest BCUT2D eigenvalue weighted by Gasteiger charge is -2.11. The first-order valence-corrected chi connectivity index (χ1v) is 10.3. The van der Waals surface area contributed by atoms with E-state index < -0.39 is 24.1 Å². The topological polar surface area (TPSA) is 107 Å². The second-order valence-corrected chi connectivity index (χ2v) is 7.08. The molecule has 0 atom stereocenters. The predicted molar refractivity (Wildman–Crippen MR) is 120 cm³/mol. The third kappa shape index (κ3) is 5.66. The van der Waals surface area contributed by atoms with Gasteiger partial charge in [0, 0.05) is 23.1 Å². The Kier molecular flexibility index (Phi) is 6.53. The number of nitrogens with zero attached hydrogens (tertiary/aromatic N) is 3. The van der Waals surface area contributed by atoms with E-state index in [2.05, 4.69) is 25.5 Å². The maximum Gasteiger partial charge on any atom is 0.573 e. The number of esters is 1. The molecule has 0 saturated heterocycles. The first-order valence-electron chi connectivity index (χ1n) is 10.3. The van der Waals surface area contributed by atoms with Crippen LogP contribution in [0.5, 0.6) is 5.75 Å². The lowest BCUT2D eigenvalue weighted by Crippen LogP contribution is -2.19. The second kappa shape index (κ2) is 9.71. The zero-order valence-electron chi connectivity index (χ0n) is 18.2. The van der Waals surface area contributed by atoms with Crippen molar-refractivity contribution in [2.45, 2.75) is 13.3 Å². The standard InChI is InChI=1S/C23H18F3N5O4/c1-2-34-21(32)18-13-28-31-19(10-11-27-20(18)31)14-4-3-5-16(12-14)30-22(33)29-15-6-8-17(9-7-15)35-23(24,25)26/h3-13H,2H2,1H3,(H2,29,30,33). The van der Waals surface area contributed by atoms with E-state index in [1.807, 2.05) is 0 Å². The summed E-state index contributed by atoms with van der Waals surface area (Å²) >= 11 is 0. The van der Waals surface area contributed by atoms with Crippen LogP contribution in [0, 0.1) is 0 Å². The van der Waals surface area contributed by atoms with Gasteiger partial charge in [-0.25, -0.2) is 19.1 Å². The van der Waals surface area contributed by atoms with Crippen molar-refractivity contribution >= 4 is 29.0 Å². The lowest BCUT2D eigenvalue weighted by molar-refractivity contribution is -0.274. The van der Waals surface area contributed by atoms with E-state index in [4.69, 9.17) is 4.74 Å². The van der Waals surface area contributed by atoms with E-state index in [1.165, 1.54) is 29.0 Å². The minimum absolute atomic E-state index is 0.219. The number of anilines is 2. The molecule has 2 aromatic carbocycles. The van der Waals surface area contributed by atoms with Crippen molar-refractivity contribution in [3.63, 3.8) is 0 Å². The number of urea groups is 1. The number of benzene rings is 2. The van der Waals surface area contributed by atoms with Crippen molar-refractivity contribution in [1.29, 1.82) is 0 Å². The summed E-state index contributed by atoms with van der Waals surface area (Å²) in [5.74, 6) is -0.929. The zero-order valence-corrected chi connectivity index (χ0v) is 18.2. The van der Waals surface area contributed by atoms with Gasteiger partial charge in [0.1, 0.15) is 11.3 Å². The third-order valence-electron chi connectivity index (χ3n) is 4.66. The van der Waals surface area contributed by atoms with E-state index >= 15 is 0 Å². The molecule has 0 radical (unpaired) electrons. The minimum Gasteiger partial charge on any atom is -0.462 e. The highest BCUT2D eigenvalue weighted by atomic mass is 19.4. The van der Waals surface area contributed by atoms with Crippen molar-refractivity contribution < 1.29 is 32.2 Å². The van der Waals surface area contributed by atoms with Crippen LogP contribution in [0.1, 0.15) is 17.3 Å². The molecule has 0 unspecified atom stereocenters. The van der Waals surface area contributed by atoms with Gasteiger partial charge in [0.05, 0.1) is 18.5 Å². The smallest absolute Gasteiger partial charge is 0.462 e. The van der Waals surface area contributed by atoms with Crippen LogP contribution in [-0.2, 0) is 4.74 Å². The monoisotopic (exact) mass is 485 g/mol. The van der Waals surface area contributed by atoms with Crippen LogP contribution in [0.3, 0.4) is 0 Å². The van der Waals surface area contributed by atoms with Gasteiger partial charge >= 0.3 is 18.4 Å². The predicted octanol–water partition coefficient (Wildman–Crippen LogP) is 5.12. The molecule has 2 N–H and O–H groups in total. The summed E-state index contributed by atoms with van der Waals surface area (Å²) in [6.45, 7) is 1.92. The molecule has 4 aromatic rings. The number of aromatic nitrogens is 3. The van der Waals surface area contributed by atoms with E-state index in [1.54, 1.807) is 37.3 Å². The Morgan fingerprint density at radius 3 is 2.49 bits per heavy atom. The highest BCUT2D eigenvalue weighted by molar-refractivity contribution is 6.00. The van der Waals surface area contributed by atoms with Crippen LogP contribution in [0.25, 0.3) is 16.9 Å². The summed E-state index contributed by atoms with van der Waals surface area (Å²) in [6.07, 6.45) is -1.88. The molecule has 12 heteroatoms. The van der Waals surface area contributed by atoms with Gasteiger partial charge in [0.15, 0.2) is 5.65 Å². The van der Waals surface area contributed by atoms with Crippen molar-refractivity contribution in [2.75, 3.05) is 17.2 Å². The molecule has 2 heterocycles. The van der Waals surface area contributed by atoms with Crippen LogP contribution in [0.15, 0.2) is 67.0 Å². The van der Waals surface area contributed by atoms with Crippen LogP contribution in [-0.4, -0.2) is 39.6 Å². The lowest BCUT2D eigenvalue weighted by atomic mass is 10.1. The Hall–Kier alpha value is -4.61. The Labute approximate surface area is 196 Å². The van der Waals surface area contributed by atoms with Crippen LogP contribution >= 0.6 is 0 Å². The van der Waals surface area contributed by atoms with Gasteiger partial charge in [-0.1, -0.05) is 12.1 Å².